The summed E-state index contributed by atoms with van der Waals surface area (Å²) in [5.74, 6) is 0.919. The molecule has 0 saturated heterocycles. The van der Waals surface area contributed by atoms with Gasteiger partial charge in [-0.3, -0.25) is 0 Å². The van der Waals surface area contributed by atoms with Crippen LogP contribution in [0.5, 0.6) is 5.75 Å². The number of hydrogen-bond acceptors (Lipinski definition) is 2. The van der Waals surface area contributed by atoms with Crippen LogP contribution in [0.2, 0.25) is 5.02 Å². The predicted octanol–water partition coefficient (Wildman–Crippen LogP) is 4.59. The minimum atomic E-state index is 0.254. The van der Waals surface area contributed by atoms with Gasteiger partial charge in [0.2, 0.25) is 0 Å². The van der Waals surface area contributed by atoms with Crippen molar-refractivity contribution < 1.29 is 4.74 Å². The second-order valence-corrected chi connectivity index (χ2v) is 5.17. The fraction of sp³-hybridized carbons (Fsp3) is 0.294. The first-order valence-electron chi connectivity index (χ1n) is 6.89. The summed E-state index contributed by atoms with van der Waals surface area (Å²) in [7, 11) is 0. The Morgan fingerprint density at radius 2 is 1.95 bits per heavy atom. The second-order valence-electron chi connectivity index (χ2n) is 4.74. The molecule has 0 bridgehead atoms. The van der Waals surface area contributed by atoms with Crippen molar-refractivity contribution >= 4 is 11.6 Å². The molecule has 1 unspecified atom stereocenters. The first kappa shape index (κ1) is 14.9. The van der Waals surface area contributed by atoms with Gasteiger partial charge >= 0.3 is 0 Å². The quantitative estimate of drug-likeness (QED) is 0.840. The van der Waals surface area contributed by atoms with Crippen molar-refractivity contribution in [3.63, 3.8) is 0 Å². The van der Waals surface area contributed by atoms with E-state index in [0.717, 1.165) is 17.3 Å². The number of nitrogens with one attached hydrogen (secondary N) is 1. The summed E-state index contributed by atoms with van der Waals surface area (Å²) in [5.41, 5.74) is 2.41. The largest absolute Gasteiger partial charge is 0.494 e. The van der Waals surface area contributed by atoms with Crippen LogP contribution in [0.1, 0.15) is 31.0 Å². The summed E-state index contributed by atoms with van der Waals surface area (Å²) < 4.78 is 5.51. The van der Waals surface area contributed by atoms with Gasteiger partial charge in [0.15, 0.2) is 0 Å². The van der Waals surface area contributed by atoms with Gasteiger partial charge < -0.3 is 10.1 Å². The highest BCUT2D eigenvalue weighted by atomic mass is 35.5. The van der Waals surface area contributed by atoms with Crippen molar-refractivity contribution in [2.45, 2.75) is 26.4 Å². The van der Waals surface area contributed by atoms with Gasteiger partial charge in [0, 0.05) is 17.6 Å². The Labute approximate surface area is 125 Å². The third-order valence-electron chi connectivity index (χ3n) is 3.17. The average Bonchev–Trinajstić information content (AvgIpc) is 2.45. The molecule has 0 aliphatic carbocycles. The highest BCUT2D eigenvalue weighted by Gasteiger charge is 2.05. The molecule has 0 amide bonds. The molecule has 20 heavy (non-hydrogen) atoms. The van der Waals surface area contributed by atoms with Crippen LogP contribution in [0.25, 0.3) is 0 Å². The molecule has 2 aromatic rings. The number of ether oxygens (including phenoxy) is 1. The van der Waals surface area contributed by atoms with Gasteiger partial charge in [0.1, 0.15) is 5.75 Å². The van der Waals surface area contributed by atoms with Crippen molar-refractivity contribution in [2.24, 2.45) is 0 Å². The Morgan fingerprint density at radius 3 is 2.70 bits per heavy atom. The summed E-state index contributed by atoms with van der Waals surface area (Å²) in [4.78, 5) is 0. The van der Waals surface area contributed by atoms with Gasteiger partial charge in [-0.15, -0.1) is 0 Å². The molecule has 2 nitrogen and oxygen atoms in total. The maximum absolute atomic E-state index is 6.02. The number of rotatable bonds is 6. The lowest BCUT2D eigenvalue weighted by Gasteiger charge is -2.15. The summed E-state index contributed by atoms with van der Waals surface area (Å²) >= 11 is 6.02. The van der Waals surface area contributed by atoms with Gasteiger partial charge in [-0.2, -0.15) is 0 Å². The maximum Gasteiger partial charge on any atom is 0.119 e. The Morgan fingerprint density at radius 1 is 1.15 bits per heavy atom. The van der Waals surface area contributed by atoms with E-state index in [4.69, 9.17) is 16.3 Å². The van der Waals surface area contributed by atoms with E-state index in [1.807, 2.05) is 37.3 Å². The highest BCUT2D eigenvalue weighted by Crippen LogP contribution is 2.18. The van der Waals surface area contributed by atoms with Crippen LogP contribution in [0.4, 0.5) is 0 Å². The molecule has 0 spiro atoms. The van der Waals surface area contributed by atoms with E-state index in [-0.39, 0.29) is 6.04 Å². The van der Waals surface area contributed by atoms with E-state index in [0.29, 0.717) is 6.61 Å². The van der Waals surface area contributed by atoms with Gasteiger partial charge in [-0.1, -0.05) is 35.9 Å². The van der Waals surface area contributed by atoms with Crippen LogP contribution in [-0.4, -0.2) is 6.61 Å². The molecule has 0 fully saturated rings. The number of halogens is 1. The molecule has 3 heteroatoms. The van der Waals surface area contributed by atoms with Crippen LogP contribution in [0, 0.1) is 0 Å². The van der Waals surface area contributed by atoms with E-state index < -0.39 is 0 Å². The maximum atomic E-state index is 6.02. The third kappa shape index (κ3) is 4.26. The molecule has 1 atom stereocenters. The van der Waals surface area contributed by atoms with Crippen LogP contribution in [-0.2, 0) is 6.54 Å². The van der Waals surface area contributed by atoms with E-state index in [1.165, 1.54) is 11.1 Å². The Balaban J connectivity index is 1.96. The molecule has 1 N–H and O–H groups in total. The second kappa shape index (κ2) is 7.32. The molecular weight excluding hydrogens is 270 g/mol. The molecule has 0 aliphatic heterocycles. The minimum absolute atomic E-state index is 0.254. The van der Waals surface area contributed by atoms with Crippen molar-refractivity contribution in [3.8, 4) is 5.75 Å². The molecule has 2 rings (SSSR count). The van der Waals surface area contributed by atoms with Crippen LogP contribution >= 0.6 is 11.6 Å². The molecule has 0 aliphatic rings. The smallest absolute Gasteiger partial charge is 0.119 e. The fourth-order valence-corrected chi connectivity index (χ4v) is 2.28. The zero-order valence-corrected chi connectivity index (χ0v) is 12.7. The molecule has 106 valence electrons. The lowest BCUT2D eigenvalue weighted by molar-refractivity contribution is 0.339. The van der Waals surface area contributed by atoms with Crippen molar-refractivity contribution in [2.75, 3.05) is 6.61 Å². The zero-order valence-electron chi connectivity index (χ0n) is 11.9. The summed E-state index contributed by atoms with van der Waals surface area (Å²) in [6.45, 7) is 5.62. The van der Waals surface area contributed by atoms with E-state index in [9.17, 15) is 0 Å². The Hall–Kier alpha value is -1.51. The van der Waals surface area contributed by atoms with E-state index in [1.54, 1.807) is 0 Å². The predicted molar refractivity (Wildman–Crippen MR) is 84.3 cm³/mol. The Kier molecular flexibility index (Phi) is 5.45. The van der Waals surface area contributed by atoms with Gasteiger partial charge in [0.05, 0.1) is 6.61 Å². The van der Waals surface area contributed by atoms with Crippen LogP contribution < -0.4 is 10.1 Å². The summed E-state index contributed by atoms with van der Waals surface area (Å²) in [6, 6.07) is 16.4. The zero-order chi connectivity index (χ0) is 14.4. The van der Waals surface area contributed by atoms with Gasteiger partial charge in [-0.05, 0) is 49.2 Å². The van der Waals surface area contributed by atoms with E-state index >= 15 is 0 Å². The first-order chi connectivity index (χ1) is 9.69. The lowest BCUT2D eigenvalue weighted by Crippen LogP contribution is -2.18. The SMILES string of the molecule is CCOc1cccc(CNC(C)c2cccc(Cl)c2)c1. The van der Waals surface area contributed by atoms with Gasteiger partial charge in [-0.25, -0.2) is 0 Å². The van der Waals surface area contributed by atoms with Crippen molar-refractivity contribution in [1.29, 1.82) is 0 Å². The molecular formula is C17H20ClNO. The monoisotopic (exact) mass is 289 g/mol. The van der Waals surface area contributed by atoms with E-state index in [2.05, 4.69) is 30.4 Å². The van der Waals surface area contributed by atoms with Crippen LogP contribution in [0.15, 0.2) is 48.5 Å². The average molecular weight is 290 g/mol. The third-order valence-corrected chi connectivity index (χ3v) is 3.41. The molecule has 2 aromatic carbocycles. The number of hydrogen-bond donors (Lipinski definition) is 1. The van der Waals surface area contributed by atoms with Crippen molar-refractivity contribution in [1.82, 2.24) is 5.32 Å². The highest BCUT2D eigenvalue weighted by molar-refractivity contribution is 6.30. The normalized spacial score (nSPS) is 12.2. The molecule has 0 radical (unpaired) electrons. The molecule has 0 heterocycles. The fourth-order valence-electron chi connectivity index (χ4n) is 2.08. The van der Waals surface area contributed by atoms with Gasteiger partial charge in [0.25, 0.3) is 0 Å². The van der Waals surface area contributed by atoms with Crippen LogP contribution in [0.3, 0.4) is 0 Å². The Bertz CT molecular complexity index is 556. The number of benzene rings is 2. The van der Waals surface area contributed by atoms with Crippen molar-refractivity contribution in [3.05, 3.63) is 64.7 Å². The molecule has 0 saturated carbocycles. The first-order valence-corrected chi connectivity index (χ1v) is 7.27. The topological polar surface area (TPSA) is 21.3 Å². The lowest BCUT2D eigenvalue weighted by atomic mass is 10.1. The summed E-state index contributed by atoms with van der Waals surface area (Å²) in [5, 5.41) is 4.27. The summed E-state index contributed by atoms with van der Waals surface area (Å²) in [6.07, 6.45) is 0. The molecule has 0 aromatic heterocycles. The minimum Gasteiger partial charge on any atom is -0.494 e. The standard InChI is InChI=1S/C17H20ClNO/c1-3-20-17-9-4-6-14(10-17)12-19-13(2)15-7-5-8-16(18)11-15/h4-11,13,19H,3,12H2,1-2H3.